The highest BCUT2D eigenvalue weighted by atomic mass is 16.3. The van der Waals surface area contributed by atoms with Gasteiger partial charge in [0.05, 0.1) is 12.1 Å². The first-order chi connectivity index (χ1) is 12.8. The molecule has 3 aromatic rings. The van der Waals surface area contributed by atoms with Crippen molar-refractivity contribution in [2.75, 3.05) is 13.1 Å². The summed E-state index contributed by atoms with van der Waals surface area (Å²) < 4.78 is 1.83. The Labute approximate surface area is 152 Å². The highest BCUT2D eigenvalue weighted by molar-refractivity contribution is 5.84. The van der Waals surface area contributed by atoms with Crippen molar-refractivity contribution in [2.45, 2.75) is 31.5 Å². The molecule has 6 heteroatoms. The van der Waals surface area contributed by atoms with Crippen LogP contribution in [-0.4, -0.2) is 48.9 Å². The van der Waals surface area contributed by atoms with Crippen molar-refractivity contribution in [1.29, 1.82) is 0 Å². The Bertz CT molecular complexity index is 891. The molecule has 6 nitrogen and oxygen atoms in total. The van der Waals surface area contributed by atoms with Crippen LogP contribution in [0.5, 0.6) is 0 Å². The van der Waals surface area contributed by atoms with Crippen LogP contribution in [0.2, 0.25) is 0 Å². The van der Waals surface area contributed by atoms with E-state index in [-0.39, 0.29) is 12.1 Å². The molecule has 0 bridgehead atoms. The van der Waals surface area contributed by atoms with Crippen LogP contribution in [0, 0.1) is 11.8 Å². The lowest BCUT2D eigenvalue weighted by Crippen LogP contribution is -2.36. The van der Waals surface area contributed by atoms with E-state index < -0.39 is 0 Å². The van der Waals surface area contributed by atoms with Crippen molar-refractivity contribution in [3.8, 4) is 0 Å². The largest absolute Gasteiger partial charge is 0.391 e. The maximum atomic E-state index is 10.6. The molecular formula is C20H23N5O. The van der Waals surface area contributed by atoms with Gasteiger partial charge in [0.2, 0.25) is 0 Å². The van der Waals surface area contributed by atoms with E-state index in [1.165, 1.54) is 16.3 Å². The molecule has 3 heterocycles. The van der Waals surface area contributed by atoms with Gasteiger partial charge in [-0.15, -0.1) is 0 Å². The number of pyridine rings is 1. The third-order valence-corrected chi connectivity index (χ3v) is 6.13. The standard InChI is InChI=1S/C20H23N5O/c26-20-7-17-11-24(10-16(17)6-19(20)25-13-22-12-23-25)9-15-3-1-2-14-8-21-5-4-18(14)15/h1-5,8,12-13,16-17,19-20,26H,6-7,9-11H2/t16-,17+,19-,20-/m1/s1. The van der Waals surface area contributed by atoms with E-state index in [4.69, 9.17) is 0 Å². The smallest absolute Gasteiger partial charge is 0.137 e. The fourth-order valence-electron chi connectivity index (χ4n) is 4.87. The predicted octanol–water partition coefficient (Wildman–Crippen LogP) is 2.27. The Balaban J connectivity index is 1.33. The quantitative estimate of drug-likeness (QED) is 0.786. The number of aromatic nitrogens is 4. The molecule has 1 aliphatic heterocycles. The molecule has 1 saturated carbocycles. The first-order valence-electron chi connectivity index (χ1n) is 9.34. The molecule has 1 aromatic carbocycles. The summed E-state index contributed by atoms with van der Waals surface area (Å²) in [4.78, 5) is 10.8. The van der Waals surface area contributed by atoms with Crippen LogP contribution < -0.4 is 0 Å². The fraction of sp³-hybridized carbons (Fsp3) is 0.450. The Morgan fingerprint density at radius 3 is 2.81 bits per heavy atom. The van der Waals surface area contributed by atoms with Crippen molar-refractivity contribution in [2.24, 2.45) is 11.8 Å². The summed E-state index contributed by atoms with van der Waals surface area (Å²) >= 11 is 0. The first kappa shape index (κ1) is 15.9. The van der Waals surface area contributed by atoms with Crippen LogP contribution in [0.1, 0.15) is 24.4 Å². The van der Waals surface area contributed by atoms with Gasteiger partial charge in [0, 0.05) is 37.4 Å². The minimum Gasteiger partial charge on any atom is -0.391 e. The second-order valence-corrected chi connectivity index (χ2v) is 7.71. The number of nitrogens with zero attached hydrogens (tertiary/aromatic N) is 5. The molecule has 0 unspecified atom stereocenters. The number of fused-ring (bicyclic) bond motifs is 2. The molecule has 1 aliphatic carbocycles. The van der Waals surface area contributed by atoms with Gasteiger partial charge in [-0.25, -0.2) is 9.67 Å². The van der Waals surface area contributed by atoms with Crippen molar-refractivity contribution in [1.82, 2.24) is 24.6 Å². The molecule has 0 radical (unpaired) electrons. The van der Waals surface area contributed by atoms with Gasteiger partial charge >= 0.3 is 0 Å². The zero-order valence-corrected chi connectivity index (χ0v) is 14.6. The van der Waals surface area contributed by atoms with E-state index in [9.17, 15) is 5.11 Å². The summed E-state index contributed by atoms with van der Waals surface area (Å²) in [5.74, 6) is 1.19. The average molecular weight is 349 g/mol. The number of aliphatic hydroxyl groups is 1. The van der Waals surface area contributed by atoms with E-state index in [0.29, 0.717) is 11.8 Å². The average Bonchev–Trinajstić information content (AvgIpc) is 3.30. The summed E-state index contributed by atoms with van der Waals surface area (Å²) in [5.41, 5.74) is 1.36. The van der Waals surface area contributed by atoms with E-state index in [1.54, 1.807) is 12.7 Å². The van der Waals surface area contributed by atoms with Gasteiger partial charge in [-0.05, 0) is 41.7 Å². The van der Waals surface area contributed by atoms with E-state index in [2.05, 4.69) is 44.2 Å². The molecule has 0 amide bonds. The van der Waals surface area contributed by atoms with Crippen LogP contribution in [0.4, 0.5) is 0 Å². The molecule has 26 heavy (non-hydrogen) atoms. The lowest BCUT2D eigenvalue weighted by molar-refractivity contribution is 0.0304. The summed E-state index contributed by atoms with van der Waals surface area (Å²) in [6.45, 7) is 3.11. The van der Waals surface area contributed by atoms with Gasteiger partial charge in [0.1, 0.15) is 12.7 Å². The highest BCUT2D eigenvalue weighted by Gasteiger charge is 2.42. The van der Waals surface area contributed by atoms with Crippen LogP contribution in [0.3, 0.4) is 0 Å². The minimum absolute atomic E-state index is 0.0577. The van der Waals surface area contributed by atoms with Gasteiger partial charge in [0.25, 0.3) is 0 Å². The van der Waals surface area contributed by atoms with Gasteiger partial charge in [-0.3, -0.25) is 9.88 Å². The minimum atomic E-state index is -0.332. The summed E-state index contributed by atoms with van der Waals surface area (Å²) in [7, 11) is 0. The lowest BCUT2D eigenvalue weighted by Gasteiger charge is -2.35. The molecule has 5 rings (SSSR count). The van der Waals surface area contributed by atoms with Crippen molar-refractivity contribution in [3.63, 3.8) is 0 Å². The second kappa shape index (κ2) is 6.45. The summed E-state index contributed by atoms with van der Waals surface area (Å²) in [5, 5.41) is 17.3. The van der Waals surface area contributed by atoms with Crippen molar-refractivity contribution >= 4 is 10.8 Å². The van der Waals surface area contributed by atoms with E-state index >= 15 is 0 Å². The van der Waals surface area contributed by atoms with Crippen LogP contribution in [0.25, 0.3) is 10.8 Å². The molecule has 1 saturated heterocycles. The van der Waals surface area contributed by atoms with Crippen LogP contribution in [-0.2, 0) is 6.54 Å². The molecule has 2 aliphatic rings. The van der Waals surface area contributed by atoms with Gasteiger partial charge < -0.3 is 5.11 Å². The monoisotopic (exact) mass is 349 g/mol. The number of hydrogen-bond donors (Lipinski definition) is 1. The third-order valence-electron chi connectivity index (χ3n) is 6.13. The van der Waals surface area contributed by atoms with Gasteiger partial charge in [-0.1, -0.05) is 18.2 Å². The normalized spacial score (nSPS) is 29.1. The predicted molar refractivity (Wildman–Crippen MR) is 98.3 cm³/mol. The number of benzene rings is 1. The highest BCUT2D eigenvalue weighted by Crippen LogP contribution is 2.41. The molecule has 4 atom stereocenters. The molecule has 2 fully saturated rings. The number of likely N-dealkylation sites (tertiary alicyclic amines) is 1. The molecular weight excluding hydrogens is 326 g/mol. The maximum absolute atomic E-state index is 10.6. The Hall–Kier alpha value is -2.31. The Morgan fingerprint density at radius 1 is 1.08 bits per heavy atom. The SMILES string of the molecule is O[C@@H]1C[C@H]2CN(Cc3cccc4cnccc34)C[C@H]2C[C@H]1n1cncn1. The Kier molecular flexibility index (Phi) is 3.94. The first-order valence-corrected chi connectivity index (χ1v) is 9.34. The maximum Gasteiger partial charge on any atom is 0.137 e. The topological polar surface area (TPSA) is 67.1 Å². The lowest BCUT2D eigenvalue weighted by atomic mass is 9.77. The zero-order chi connectivity index (χ0) is 17.5. The fourth-order valence-corrected chi connectivity index (χ4v) is 4.87. The molecule has 134 valence electrons. The summed E-state index contributed by atoms with van der Waals surface area (Å²) in [6.07, 6.45) is 8.58. The Morgan fingerprint density at radius 2 is 1.96 bits per heavy atom. The molecule has 1 N–H and O–H groups in total. The molecule has 0 spiro atoms. The van der Waals surface area contributed by atoms with Crippen LogP contribution in [0.15, 0.2) is 49.3 Å². The summed E-state index contributed by atoms with van der Waals surface area (Å²) in [6, 6.07) is 8.62. The van der Waals surface area contributed by atoms with Crippen molar-refractivity contribution in [3.05, 3.63) is 54.9 Å². The molecule has 2 aromatic heterocycles. The second-order valence-electron chi connectivity index (χ2n) is 7.71. The van der Waals surface area contributed by atoms with Crippen LogP contribution >= 0.6 is 0 Å². The van der Waals surface area contributed by atoms with Gasteiger partial charge in [-0.2, -0.15) is 5.10 Å². The number of aliphatic hydroxyl groups excluding tert-OH is 1. The van der Waals surface area contributed by atoms with E-state index in [1.807, 2.05) is 17.1 Å². The van der Waals surface area contributed by atoms with E-state index in [0.717, 1.165) is 32.5 Å². The van der Waals surface area contributed by atoms with Gasteiger partial charge in [0.15, 0.2) is 0 Å². The van der Waals surface area contributed by atoms with Crippen molar-refractivity contribution < 1.29 is 5.11 Å². The third kappa shape index (κ3) is 2.79. The number of rotatable bonds is 3. The zero-order valence-electron chi connectivity index (χ0n) is 14.6. The number of hydrogen-bond acceptors (Lipinski definition) is 5.